The third kappa shape index (κ3) is 3.17. The molecular weight excluding hydrogens is 309 g/mol. The lowest BCUT2D eigenvalue weighted by molar-refractivity contribution is 0.0697. The van der Waals surface area contributed by atoms with Crippen molar-refractivity contribution in [1.29, 1.82) is 0 Å². The predicted molar refractivity (Wildman–Crippen MR) is 73.6 cm³/mol. The average molecular weight is 317 g/mol. The second-order valence-electron chi connectivity index (χ2n) is 3.32. The molecule has 0 spiro atoms. The molecule has 1 aromatic heterocycles. The van der Waals surface area contributed by atoms with E-state index >= 15 is 0 Å². The fraction of sp³-hybridized carbons (Fsp3) is 0.100. The fourth-order valence-electron chi connectivity index (χ4n) is 1.25. The van der Waals surface area contributed by atoms with Crippen molar-refractivity contribution in [2.24, 2.45) is 0 Å². The van der Waals surface area contributed by atoms with E-state index in [1.54, 1.807) is 0 Å². The molecule has 0 bridgehead atoms. The number of nitrogens with two attached hydrogens (primary N) is 1. The lowest BCUT2D eigenvalue weighted by Gasteiger charge is -2.05. The van der Waals surface area contributed by atoms with Crippen molar-refractivity contribution in [3.05, 3.63) is 23.5 Å². The molecule has 1 heterocycles. The van der Waals surface area contributed by atoms with Crippen LogP contribution in [0.2, 0.25) is 0 Å². The minimum absolute atomic E-state index is 0.101. The van der Waals surface area contributed by atoms with E-state index < -0.39 is 11.8 Å². The molecule has 0 amide bonds. The van der Waals surface area contributed by atoms with Gasteiger partial charge in [-0.25, -0.2) is 9.18 Å². The maximum atomic E-state index is 13.7. The summed E-state index contributed by atoms with van der Waals surface area (Å²) in [5.74, 6) is -1.77. The van der Waals surface area contributed by atoms with E-state index in [-0.39, 0.29) is 16.1 Å². The van der Waals surface area contributed by atoms with Crippen LogP contribution in [0.15, 0.2) is 25.7 Å². The van der Waals surface area contributed by atoms with E-state index in [9.17, 15) is 9.18 Å². The second-order valence-corrected chi connectivity index (χ2v) is 6.64. The van der Waals surface area contributed by atoms with E-state index in [4.69, 9.17) is 10.8 Å². The van der Waals surface area contributed by atoms with E-state index in [2.05, 4.69) is 10.2 Å². The van der Waals surface area contributed by atoms with Crippen LogP contribution >= 0.6 is 34.9 Å². The maximum absolute atomic E-state index is 13.7. The zero-order valence-electron chi connectivity index (χ0n) is 9.58. The van der Waals surface area contributed by atoms with Crippen LogP contribution in [0.5, 0.6) is 0 Å². The summed E-state index contributed by atoms with van der Waals surface area (Å²) in [6.07, 6.45) is 1.86. The van der Waals surface area contributed by atoms with E-state index in [1.165, 1.54) is 29.2 Å². The number of hydrogen-bond acceptors (Lipinski definition) is 7. The first-order valence-corrected chi connectivity index (χ1v) is 7.74. The molecule has 100 valence electrons. The summed E-state index contributed by atoms with van der Waals surface area (Å²) in [7, 11) is 0. The summed E-state index contributed by atoms with van der Waals surface area (Å²) in [6.45, 7) is 0. The van der Waals surface area contributed by atoms with Crippen LogP contribution in [-0.2, 0) is 0 Å². The summed E-state index contributed by atoms with van der Waals surface area (Å²) < 4.78 is 15.0. The van der Waals surface area contributed by atoms with Gasteiger partial charge in [-0.1, -0.05) is 34.9 Å². The average Bonchev–Trinajstić information content (AvgIpc) is 2.80. The highest BCUT2D eigenvalue weighted by atomic mass is 32.2. The van der Waals surface area contributed by atoms with Crippen LogP contribution in [0.3, 0.4) is 0 Å². The summed E-state index contributed by atoms with van der Waals surface area (Å²) >= 11 is 3.78. The molecule has 0 saturated carbocycles. The molecule has 0 fully saturated rings. The van der Waals surface area contributed by atoms with Crippen LogP contribution < -0.4 is 5.73 Å². The smallest absolute Gasteiger partial charge is 0.337 e. The van der Waals surface area contributed by atoms with Gasteiger partial charge in [0.2, 0.25) is 0 Å². The summed E-state index contributed by atoms with van der Waals surface area (Å²) in [6, 6.07) is 2.21. The van der Waals surface area contributed by atoms with Gasteiger partial charge in [-0.3, -0.25) is 0 Å². The van der Waals surface area contributed by atoms with Gasteiger partial charge in [-0.05, 0) is 18.4 Å². The van der Waals surface area contributed by atoms with E-state index in [0.29, 0.717) is 4.34 Å². The number of thioether (sulfide) groups is 1. The Morgan fingerprint density at radius 3 is 2.68 bits per heavy atom. The number of nitrogens with zero attached hydrogens (tertiary/aromatic N) is 2. The molecule has 0 aliphatic rings. The number of anilines is 1. The molecular formula is C10H8FN3O2S3. The predicted octanol–water partition coefficient (Wildman–Crippen LogP) is 2.83. The number of nitrogen functional groups attached to an aromatic ring is 1. The highest BCUT2D eigenvalue weighted by molar-refractivity contribution is 8.03. The molecule has 3 N–H and O–H groups in total. The normalized spacial score (nSPS) is 10.6. The summed E-state index contributed by atoms with van der Waals surface area (Å²) in [5, 5.41) is 16.7. The number of carbonyl (C=O) groups is 1. The summed E-state index contributed by atoms with van der Waals surface area (Å²) in [4.78, 5) is 11.1. The van der Waals surface area contributed by atoms with Crippen LogP contribution in [0.25, 0.3) is 0 Å². The minimum atomic E-state index is -1.19. The molecule has 0 radical (unpaired) electrons. The van der Waals surface area contributed by atoms with Gasteiger partial charge in [0.25, 0.3) is 0 Å². The van der Waals surface area contributed by atoms with Crippen molar-refractivity contribution in [3.8, 4) is 0 Å². The third-order valence-electron chi connectivity index (χ3n) is 2.09. The van der Waals surface area contributed by atoms with Gasteiger partial charge in [0.05, 0.1) is 10.5 Å². The SMILES string of the molecule is CSc1nnc(Sc2cc(C(=O)O)c(N)cc2F)s1. The Morgan fingerprint density at radius 1 is 1.42 bits per heavy atom. The van der Waals surface area contributed by atoms with Crippen LogP contribution in [0.1, 0.15) is 10.4 Å². The van der Waals surface area contributed by atoms with Gasteiger partial charge in [0.1, 0.15) is 5.82 Å². The molecule has 0 aliphatic heterocycles. The molecule has 9 heteroatoms. The van der Waals surface area contributed by atoms with Crippen LogP contribution in [-0.4, -0.2) is 27.5 Å². The van der Waals surface area contributed by atoms with Crippen molar-refractivity contribution in [2.45, 2.75) is 13.6 Å². The Morgan fingerprint density at radius 2 is 2.11 bits per heavy atom. The first kappa shape index (κ1) is 14.1. The van der Waals surface area contributed by atoms with E-state index in [1.807, 2.05) is 6.26 Å². The van der Waals surface area contributed by atoms with Crippen molar-refractivity contribution >= 4 is 46.5 Å². The molecule has 0 unspecified atom stereocenters. The molecule has 2 rings (SSSR count). The zero-order chi connectivity index (χ0) is 14.0. The Bertz CT molecular complexity index is 632. The second kappa shape index (κ2) is 5.76. The number of carboxylic acids is 1. The lowest BCUT2D eigenvalue weighted by Crippen LogP contribution is -2.03. The molecule has 2 aromatic rings. The fourth-order valence-corrected chi connectivity index (χ4v) is 3.69. The molecule has 0 aliphatic carbocycles. The Labute approximate surface area is 120 Å². The first-order chi connectivity index (χ1) is 9.01. The molecule has 0 saturated heterocycles. The zero-order valence-corrected chi connectivity index (χ0v) is 12.0. The van der Waals surface area contributed by atoms with Gasteiger partial charge in [0, 0.05) is 5.69 Å². The van der Waals surface area contributed by atoms with Gasteiger partial charge in [-0.15, -0.1) is 10.2 Å². The third-order valence-corrected chi connectivity index (χ3v) is 5.08. The quantitative estimate of drug-likeness (QED) is 0.662. The molecule has 1 aromatic carbocycles. The van der Waals surface area contributed by atoms with Crippen molar-refractivity contribution in [1.82, 2.24) is 10.2 Å². The number of carboxylic acid groups (broad SMARTS) is 1. The topological polar surface area (TPSA) is 89.1 Å². The van der Waals surface area contributed by atoms with Gasteiger partial charge >= 0.3 is 5.97 Å². The largest absolute Gasteiger partial charge is 0.478 e. The van der Waals surface area contributed by atoms with Crippen molar-refractivity contribution in [3.63, 3.8) is 0 Å². The number of benzene rings is 1. The molecule has 19 heavy (non-hydrogen) atoms. The summed E-state index contributed by atoms with van der Waals surface area (Å²) in [5.41, 5.74) is 5.22. The minimum Gasteiger partial charge on any atom is -0.478 e. The highest BCUT2D eigenvalue weighted by Gasteiger charge is 2.15. The Kier molecular flexibility index (Phi) is 4.27. The van der Waals surface area contributed by atoms with E-state index in [0.717, 1.165) is 22.2 Å². The number of aromatic carboxylic acids is 1. The van der Waals surface area contributed by atoms with Gasteiger partial charge in [0.15, 0.2) is 8.68 Å². The number of hydrogen-bond donors (Lipinski definition) is 2. The number of aromatic nitrogens is 2. The standard InChI is InChI=1S/C10H8FN3O2S3/c1-17-9-13-14-10(19-9)18-7-2-4(8(15)16)6(12)3-5(7)11/h2-3H,12H2,1H3,(H,15,16). The number of rotatable bonds is 4. The van der Waals surface area contributed by atoms with Gasteiger partial charge < -0.3 is 10.8 Å². The monoisotopic (exact) mass is 317 g/mol. The molecule has 0 atom stereocenters. The van der Waals surface area contributed by atoms with Crippen LogP contribution in [0.4, 0.5) is 10.1 Å². The first-order valence-electron chi connectivity index (χ1n) is 4.89. The van der Waals surface area contributed by atoms with Gasteiger partial charge in [-0.2, -0.15) is 0 Å². The Balaban J connectivity index is 2.34. The van der Waals surface area contributed by atoms with Crippen molar-refractivity contribution < 1.29 is 14.3 Å². The highest BCUT2D eigenvalue weighted by Crippen LogP contribution is 2.35. The Hall–Kier alpha value is -1.32. The number of halogens is 1. The lowest BCUT2D eigenvalue weighted by atomic mass is 10.2. The van der Waals surface area contributed by atoms with Crippen molar-refractivity contribution in [2.75, 3.05) is 12.0 Å². The van der Waals surface area contributed by atoms with Crippen LogP contribution in [0, 0.1) is 5.82 Å². The molecule has 5 nitrogen and oxygen atoms in total. The maximum Gasteiger partial charge on any atom is 0.337 e.